The lowest BCUT2D eigenvalue weighted by atomic mass is 10.0. The first-order valence-corrected chi connectivity index (χ1v) is 11.9. The number of rotatable bonds is 6. The van der Waals surface area contributed by atoms with Crippen molar-refractivity contribution in [2.24, 2.45) is 0 Å². The van der Waals surface area contributed by atoms with Crippen LogP contribution >= 0.6 is 0 Å². The van der Waals surface area contributed by atoms with Gasteiger partial charge >= 0.3 is 0 Å². The van der Waals surface area contributed by atoms with Crippen molar-refractivity contribution in [1.29, 1.82) is 0 Å². The SMILES string of the molecule is Cc1ccc(Cn2nc(C)c(/C=C/C(=O)NC3CCN(C(=O)c4ccccc4F)CC3)c2C)cc1. The predicted molar refractivity (Wildman–Crippen MR) is 134 cm³/mol. The van der Waals surface area contributed by atoms with Crippen LogP contribution in [0.15, 0.2) is 54.6 Å². The molecule has 0 bridgehead atoms. The van der Waals surface area contributed by atoms with E-state index in [1.54, 1.807) is 23.1 Å². The minimum atomic E-state index is -0.508. The highest BCUT2D eigenvalue weighted by molar-refractivity contribution is 5.94. The molecule has 1 N–H and O–H groups in total. The van der Waals surface area contributed by atoms with Gasteiger partial charge < -0.3 is 10.2 Å². The van der Waals surface area contributed by atoms with Crippen LogP contribution in [0.2, 0.25) is 0 Å². The molecule has 0 spiro atoms. The number of nitrogens with zero attached hydrogens (tertiary/aromatic N) is 3. The van der Waals surface area contributed by atoms with Crippen LogP contribution in [-0.2, 0) is 11.3 Å². The van der Waals surface area contributed by atoms with Gasteiger partial charge in [0.2, 0.25) is 5.91 Å². The van der Waals surface area contributed by atoms with Crippen molar-refractivity contribution in [3.05, 3.63) is 94.1 Å². The zero-order chi connectivity index (χ0) is 24.9. The summed E-state index contributed by atoms with van der Waals surface area (Å²) in [4.78, 5) is 26.8. The van der Waals surface area contributed by atoms with Gasteiger partial charge in [-0.3, -0.25) is 14.3 Å². The van der Waals surface area contributed by atoms with E-state index in [2.05, 4.69) is 41.6 Å². The number of carbonyl (C=O) groups is 2. The Bertz CT molecular complexity index is 1240. The van der Waals surface area contributed by atoms with Crippen molar-refractivity contribution in [3.63, 3.8) is 0 Å². The minimum absolute atomic E-state index is 0.0247. The third-order valence-electron chi connectivity index (χ3n) is 6.52. The van der Waals surface area contributed by atoms with Gasteiger partial charge in [0.1, 0.15) is 5.82 Å². The normalized spacial score (nSPS) is 14.5. The lowest BCUT2D eigenvalue weighted by Gasteiger charge is -2.32. The van der Waals surface area contributed by atoms with Crippen molar-refractivity contribution in [2.75, 3.05) is 13.1 Å². The molecule has 2 aromatic carbocycles. The number of hydrogen-bond acceptors (Lipinski definition) is 3. The van der Waals surface area contributed by atoms with Crippen molar-refractivity contribution < 1.29 is 14.0 Å². The summed E-state index contributed by atoms with van der Waals surface area (Å²) in [5.41, 5.74) is 5.31. The predicted octanol–water partition coefficient (Wildman–Crippen LogP) is 4.43. The maximum absolute atomic E-state index is 13.9. The fourth-order valence-corrected chi connectivity index (χ4v) is 4.41. The maximum Gasteiger partial charge on any atom is 0.256 e. The van der Waals surface area contributed by atoms with Gasteiger partial charge in [-0.15, -0.1) is 0 Å². The Hall–Kier alpha value is -3.74. The molecule has 1 aliphatic heterocycles. The van der Waals surface area contributed by atoms with E-state index in [9.17, 15) is 14.0 Å². The molecule has 6 nitrogen and oxygen atoms in total. The number of hydrogen-bond donors (Lipinski definition) is 1. The van der Waals surface area contributed by atoms with E-state index < -0.39 is 5.82 Å². The third-order valence-corrected chi connectivity index (χ3v) is 6.52. The number of amides is 2. The maximum atomic E-state index is 13.9. The van der Waals surface area contributed by atoms with Crippen LogP contribution < -0.4 is 5.32 Å². The van der Waals surface area contributed by atoms with Gasteiger partial charge in [0.15, 0.2) is 0 Å². The lowest BCUT2D eigenvalue weighted by Crippen LogP contribution is -2.46. The molecular weight excluding hydrogens is 443 g/mol. The summed E-state index contributed by atoms with van der Waals surface area (Å²) in [5, 5.41) is 7.67. The van der Waals surface area contributed by atoms with E-state index in [1.165, 1.54) is 23.3 Å². The van der Waals surface area contributed by atoms with E-state index in [-0.39, 0.29) is 23.4 Å². The van der Waals surface area contributed by atoms with E-state index in [0.717, 1.165) is 17.0 Å². The average molecular weight is 475 g/mol. The summed E-state index contributed by atoms with van der Waals surface area (Å²) in [7, 11) is 0. The fourth-order valence-electron chi connectivity index (χ4n) is 4.41. The molecule has 0 saturated carbocycles. The molecule has 35 heavy (non-hydrogen) atoms. The Kier molecular flexibility index (Phi) is 7.44. The van der Waals surface area contributed by atoms with E-state index >= 15 is 0 Å². The molecule has 1 aromatic heterocycles. The van der Waals surface area contributed by atoms with Gasteiger partial charge in [0, 0.05) is 36.5 Å². The second-order valence-electron chi connectivity index (χ2n) is 9.12. The van der Waals surface area contributed by atoms with Gasteiger partial charge in [-0.05, 0) is 57.4 Å². The summed E-state index contributed by atoms with van der Waals surface area (Å²) >= 11 is 0. The number of piperidine rings is 1. The molecule has 0 aliphatic carbocycles. The van der Waals surface area contributed by atoms with Crippen molar-refractivity contribution in [2.45, 2.75) is 46.2 Å². The summed E-state index contributed by atoms with van der Waals surface area (Å²) < 4.78 is 15.9. The van der Waals surface area contributed by atoms with Crippen LogP contribution in [0.25, 0.3) is 6.08 Å². The number of nitrogens with one attached hydrogen (secondary N) is 1. The Balaban J connectivity index is 1.31. The average Bonchev–Trinajstić information content (AvgIpc) is 3.11. The molecule has 0 unspecified atom stereocenters. The first-order valence-electron chi connectivity index (χ1n) is 11.9. The molecule has 0 atom stereocenters. The first kappa shape index (κ1) is 24.4. The van der Waals surface area contributed by atoms with Crippen LogP contribution in [-0.4, -0.2) is 45.6 Å². The van der Waals surface area contributed by atoms with E-state index in [0.29, 0.717) is 32.5 Å². The first-order chi connectivity index (χ1) is 16.8. The largest absolute Gasteiger partial charge is 0.350 e. The van der Waals surface area contributed by atoms with Crippen molar-refractivity contribution in [3.8, 4) is 0 Å². The third kappa shape index (κ3) is 5.85. The fraction of sp³-hybridized carbons (Fsp3) is 0.321. The minimum Gasteiger partial charge on any atom is -0.350 e. The van der Waals surface area contributed by atoms with Gasteiger partial charge in [-0.1, -0.05) is 42.0 Å². The molecule has 1 fully saturated rings. The Morgan fingerprint density at radius 2 is 1.74 bits per heavy atom. The smallest absolute Gasteiger partial charge is 0.256 e. The molecule has 182 valence electrons. The summed E-state index contributed by atoms with van der Waals surface area (Å²) in [6, 6.07) is 14.4. The Morgan fingerprint density at radius 3 is 2.43 bits per heavy atom. The molecule has 7 heteroatoms. The second-order valence-corrected chi connectivity index (χ2v) is 9.12. The standard InChI is InChI=1S/C28H31FN4O2/c1-19-8-10-22(11-9-19)18-33-21(3)24(20(2)31-33)12-13-27(34)30-23-14-16-32(17-15-23)28(35)25-6-4-5-7-26(25)29/h4-13,23H,14-18H2,1-3H3,(H,30,34)/b13-12+. The molecule has 2 heterocycles. The molecule has 1 saturated heterocycles. The lowest BCUT2D eigenvalue weighted by molar-refractivity contribution is -0.117. The summed E-state index contributed by atoms with van der Waals surface area (Å²) in [6.07, 6.45) is 4.62. The summed E-state index contributed by atoms with van der Waals surface area (Å²) in [5.74, 6) is -0.985. The number of benzene rings is 2. The van der Waals surface area contributed by atoms with Gasteiger partial charge in [0.05, 0.1) is 17.8 Å². The topological polar surface area (TPSA) is 67.2 Å². The Labute approximate surface area is 205 Å². The van der Waals surface area contributed by atoms with Crippen LogP contribution in [0.5, 0.6) is 0 Å². The molecule has 2 amide bonds. The van der Waals surface area contributed by atoms with Crippen molar-refractivity contribution in [1.82, 2.24) is 20.0 Å². The van der Waals surface area contributed by atoms with Crippen LogP contribution in [0.1, 0.15) is 51.3 Å². The highest BCUT2D eigenvalue weighted by Crippen LogP contribution is 2.18. The van der Waals surface area contributed by atoms with Crippen LogP contribution in [0, 0.1) is 26.6 Å². The number of aromatic nitrogens is 2. The number of halogens is 1. The van der Waals surface area contributed by atoms with Crippen molar-refractivity contribution >= 4 is 17.9 Å². The van der Waals surface area contributed by atoms with Crippen LogP contribution in [0.4, 0.5) is 4.39 Å². The highest BCUT2D eigenvalue weighted by Gasteiger charge is 2.25. The second kappa shape index (κ2) is 10.7. The van der Waals surface area contributed by atoms with Crippen LogP contribution in [0.3, 0.4) is 0 Å². The molecule has 3 aromatic rings. The van der Waals surface area contributed by atoms with Gasteiger partial charge in [-0.25, -0.2) is 4.39 Å². The zero-order valence-corrected chi connectivity index (χ0v) is 20.4. The monoisotopic (exact) mass is 474 g/mol. The highest BCUT2D eigenvalue weighted by atomic mass is 19.1. The molecule has 4 rings (SSSR count). The quantitative estimate of drug-likeness (QED) is 0.538. The molecular formula is C28H31FN4O2. The van der Waals surface area contributed by atoms with E-state index in [1.807, 2.05) is 24.6 Å². The number of carbonyl (C=O) groups excluding carboxylic acids is 2. The molecule has 0 radical (unpaired) electrons. The number of likely N-dealkylation sites (tertiary alicyclic amines) is 1. The summed E-state index contributed by atoms with van der Waals surface area (Å²) in [6.45, 7) is 7.65. The Morgan fingerprint density at radius 1 is 1.06 bits per heavy atom. The zero-order valence-electron chi connectivity index (χ0n) is 20.4. The molecule has 1 aliphatic rings. The van der Waals surface area contributed by atoms with Gasteiger partial charge in [0.25, 0.3) is 5.91 Å². The number of aryl methyl sites for hydroxylation is 2. The van der Waals surface area contributed by atoms with E-state index in [4.69, 9.17) is 0 Å². The van der Waals surface area contributed by atoms with Gasteiger partial charge in [-0.2, -0.15) is 5.10 Å².